The minimum Gasteiger partial charge on any atom is -0.370 e. The van der Waals surface area contributed by atoms with Crippen LogP contribution in [0.3, 0.4) is 0 Å². The second-order valence-corrected chi connectivity index (χ2v) is 6.24. The Hall–Kier alpha value is -1.57. The zero-order chi connectivity index (χ0) is 14.0. The van der Waals surface area contributed by atoms with E-state index in [2.05, 4.69) is 64.2 Å². The Morgan fingerprint density at radius 2 is 1.89 bits per heavy atom. The summed E-state index contributed by atoms with van der Waals surface area (Å²) in [5.41, 5.74) is 3.82. The van der Waals surface area contributed by atoms with Crippen LogP contribution in [0, 0.1) is 6.92 Å². The van der Waals surface area contributed by atoms with Crippen LogP contribution in [0.15, 0.2) is 24.3 Å². The predicted octanol–water partition coefficient (Wildman–Crippen LogP) is 4.66. The maximum absolute atomic E-state index is 4.72. The number of rotatable bonds is 3. The number of hydrogen-bond donors (Lipinski definition) is 1. The van der Waals surface area contributed by atoms with Crippen LogP contribution in [0.4, 0.5) is 5.82 Å². The van der Waals surface area contributed by atoms with Gasteiger partial charge in [0.05, 0.1) is 5.52 Å². The van der Waals surface area contributed by atoms with Crippen LogP contribution in [-0.4, -0.2) is 11.5 Å². The van der Waals surface area contributed by atoms with Gasteiger partial charge in [0.15, 0.2) is 0 Å². The summed E-state index contributed by atoms with van der Waals surface area (Å²) in [7, 11) is 0. The van der Waals surface area contributed by atoms with Gasteiger partial charge in [-0.05, 0) is 48.1 Å². The summed E-state index contributed by atoms with van der Waals surface area (Å²) in [6.07, 6.45) is 1.11. The molecule has 2 heteroatoms. The molecule has 1 aromatic carbocycles. The number of pyridine rings is 1. The van der Waals surface area contributed by atoms with Crippen molar-refractivity contribution in [1.82, 2.24) is 4.98 Å². The maximum Gasteiger partial charge on any atom is 0.129 e. The molecule has 0 aliphatic rings. The Balaban J connectivity index is 2.46. The van der Waals surface area contributed by atoms with Crippen molar-refractivity contribution in [3.8, 4) is 0 Å². The Kier molecular flexibility index (Phi) is 3.79. The number of aromatic nitrogens is 1. The zero-order valence-corrected chi connectivity index (χ0v) is 12.7. The third kappa shape index (κ3) is 3.06. The topological polar surface area (TPSA) is 24.9 Å². The van der Waals surface area contributed by atoms with Crippen molar-refractivity contribution < 1.29 is 0 Å². The van der Waals surface area contributed by atoms with Crippen molar-refractivity contribution in [3.63, 3.8) is 0 Å². The van der Waals surface area contributed by atoms with Gasteiger partial charge in [-0.3, -0.25) is 0 Å². The minimum absolute atomic E-state index is 0.182. The van der Waals surface area contributed by atoms with Crippen molar-refractivity contribution in [3.05, 3.63) is 35.4 Å². The summed E-state index contributed by atoms with van der Waals surface area (Å²) in [6.45, 7) is 12.0. The highest BCUT2D eigenvalue weighted by Crippen LogP contribution is 2.27. The van der Waals surface area contributed by atoms with Crippen molar-refractivity contribution in [1.29, 1.82) is 0 Å². The van der Waals surface area contributed by atoms with Crippen LogP contribution in [0.25, 0.3) is 10.9 Å². The standard InChI is InChI=1S/C17H24N2/c1-6-9-18-16-12(2)10-13-11-14(17(3,4)5)7-8-15(13)19-16/h7-8,10-11H,6,9H2,1-5H3,(H,18,19). The third-order valence-electron chi connectivity index (χ3n) is 3.41. The van der Waals surface area contributed by atoms with E-state index in [1.54, 1.807) is 0 Å². The molecule has 0 amide bonds. The van der Waals surface area contributed by atoms with Gasteiger partial charge in [-0.1, -0.05) is 33.8 Å². The first-order chi connectivity index (χ1) is 8.91. The summed E-state index contributed by atoms with van der Waals surface area (Å²) < 4.78 is 0. The highest BCUT2D eigenvalue weighted by atomic mass is 15.0. The molecular formula is C17H24N2. The Morgan fingerprint density at radius 3 is 2.53 bits per heavy atom. The fourth-order valence-corrected chi connectivity index (χ4v) is 2.17. The molecule has 0 atom stereocenters. The number of nitrogens with one attached hydrogen (secondary N) is 1. The van der Waals surface area contributed by atoms with E-state index in [-0.39, 0.29) is 5.41 Å². The number of benzene rings is 1. The summed E-state index contributed by atoms with van der Waals surface area (Å²) >= 11 is 0. The molecule has 0 bridgehead atoms. The fraction of sp³-hybridized carbons (Fsp3) is 0.471. The quantitative estimate of drug-likeness (QED) is 0.863. The largest absolute Gasteiger partial charge is 0.370 e. The summed E-state index contributed by atoms with van der Waals surface area (Å²) in [5, 5.41) is 4.62. The lowest BCUT2D eigenvalue weighted by molar-refractivity contribution is 0.591. The fourth-order valence-electron chi connectivity index (χ4n) is 2.17. The lowest BCUT2D eigenvalue weighted by Gasteiger charge is -2.19. The van der Waals surface area contributed by atoms with E-state index in [9.17, 15) is 0 Å². The predicted molar refractivity (Wildman–Crippen MR) is 84.0 cm³/mol. The van der Waals surface area contributed by atoms with E-state index in [0.29, 0.717) is 0 Å². The first-order valence-corrected chi connectivity index (χ1v) is 7.07. The maximum atomic E-state index is 4.72. The molecule has 0 fully saturated rings. The first-order valence-electron chi connectivity index (χ1n) is 7.07. The number of nitrogens with zero attached hydrogens (tertiary/aromatic N) is 1. The van der Waals surface area contributed by atoms with Gasteiger partial charge in [-0.2, -0.15) is 0 Å². The van der Waals surface area contributed by atoms with E-state index in [1.165, 1.54) is 16.5 Å². The van der Waals surface area contributed by atoms with Crippen LogP contribution < -0.4 is 5.32 Å². The Morgan fingerprint density at radius 1 is 1.16 bits per heavy atom. The average molecular weight is 256 g/mol. The highest BCUT2D eigenvalue weighted by Gasteiger charge is 2.14. The molecule has 0 spiro atoms. The molecule has 1 N–H and O–H groups in total. The van der Waals surface area contributed by atoms with E-state index in [4.69, 9.17) is 4.98 Å². The second-order valence-electron chi connectivity index (χ2n) is 6.24. The molecule has 2 rings (SSSR count). The monoisotopic (exact) mass is 256 g/mol. The van der Waals surface area contributed by atoms with Crippen molar-refractivity contribution in [2.24, 2.45) is 0 Å². The van der Waals surface area contributed by atoms with E-state index in [1.807, 2.05) is 0 Å². The van der Waals surface area contributed by atoms with Crippen LogP contribution in [-0.2, 0) is 5.41 Å². The Bertz CT molecular complexity index is 580. The molecule has 19 heavy (non-hydrogen) atoms. The number of hydrogen-bond acceptors (Lipinski definition) is 2. The molecule has 0 saturated heterocycles. The van der Waals surface area contributed by atoms with E-state index < -0.39 is 0 Å². The molecule has 2 aromatic rings. The molecular weight excluding hydrogens is 232 g/mol. The molecule has 0 aliphatic heterocycles. The van der Waals surface area contributed by atoms with Crippen molar-refractivity contribution in [2.75, 3.05) is 11.9 Å². The van der Waals surface area contributed by atoms with Crippen LogP contribution in [0.5, 0.6) is 0 Å². The molecule has 0 radical (unpaired) electrons. The average Bonchev–Trinajstić information content (AvgIpc) is 2.34. The zero-order valence-electron chi connectivity index (χ0n) is 12.7. The molecule has 0 saturated carbocycles. The van der Waals surface area contributed by atoms with Gasteiger partial charge in [0.2, 0.25) is 0 Å². The van der Waals surface area contributed by atoms with Gasteiger partial charge in [0.25, 0.3) is 0 Å². The van der Waals surface area contributed by atoms with Crippen LogP contribution >= 0.6 is 0 Å². The molecule has 0 unspecified atom stereocenters. The summed E-state index contributed by atoms with van der Waals surface area (Å²) in [5.74, 6) is 1.01. The van der Waals surface area contributed by atoms with Gasteiger partial charge in [0.1, 0.15) is 5.82 Å². The number of anilines is 1. The van der Waals surface area contributed by atoms with Gasteiger partial charge in [0, 0.05) is 11.9 Å². The van der Waals surface area contributed by atoms with E-state index in [0.717, 1.165) is 24.3 Å². The lowest BCUT2D eigenvalue weighted by atomic mass is 9.86. The molecule has 102 valence electrons. The van der Waals surface area contributed by atoms with Crippen molar-refractivity contribution in [2.45, 2.75) is 46.5 Å². The second kappa shape index (κ2) is 5.20. The van der Waals surface area contributed by atoms with Gasteiger partial charge < -0.3 is 5.32 Å². The molecule has 2 nitrogen and oxygen atoms in total. The highest BCUT2D eigenvalue weighted by molar-refractivity contribution is 5.82. The van der Waals surface area contributed by atoms with Crippen LogP contribution in [0.1, 0.15) is 45.2 Å². The van der Waals surface area contributed by atoms with Gasteiger partial charge >= 0.3 is 0 Å². The first kappa shape index (κ1) is 13.9. The van der Waals surface area contributed by atoms with E-state index >= 15 is 0 Å². The lowest BCUT2D eigenvalue weighted by Crippen LogP contribution is -2.11. The Labute approximate surface area is 116 Å². The van der Waals surface area contributed by atoms with Crippen molar-refractivity contribution >= 4 is 16.7 Å². The summed E-state index contributed by atoms with van der Waals surface area (Å²) in [4.78, 5) is 4.72. The SMILES string of the molecule is CCCNc1nc2ccc(C(C)(C)C)cc2cc1C. The van der Waals surface area contributed by atoms with Gasteiger partial charge in [-0.25, -0.2) is 4.98 Å². The minimum atomic E-state index is 0.182. The molecule has 1 aromatic heterocycles. The number of fused-ring (bicyclic) bond motifs is 1. The summed E-state index contributed by atoms with van der Waals surface area (Å²) in [6, 6.07) is 8.81. The van der Waals surface area contributed by atoms with Gasteiger partial charge in [-0.15, -0.1) is 0 Å². The third-order valence-corrected chi connectivity index (χ3v) is 3.41. The molecule has 1 heterocycles. The molecule has 0 aliphatic carbocycles. The normalized spacial score (nSPS) is 11.8. The van der Waals surface area contributed by atoms with Crippen LogP contribution in [0.2, 0.25) is 0 Å². The number of aryl methyl sites for hydroxylation is 1. The smallest absolute Gasteiger partial charge is 0.129 e.